The van der Waals surface area contributed by atoms with Gasteiger partial charge in [-0.2, -0.15) is 0 Å². The van der Waals surface area contributed by atoms with Gasteiger partial charge in [-0.15, -0.1) is 0 Å². The summed E-state index contributed by atoms with van der Waals surface area (Å²) in [6.07, 6.45) is 2.32. The largest absolute Gasteiger partial charge is 0.508 e. The number of phenols is 1. The van der Waals surface area contributed by atoms with E-state index in [1.165, 1.54) is 6.42 Å². The zero-order valence-electron chi connectivity index (χ0n) is 8.53. The van der Waals surface area contributed by atoms with Crippen molar-refractivity contribution in [3.05, 3.63) is 29.8 Å². The number of hydrogen-bond acceptors (Lipinski definition) is 2. The predicted molar refractivity (Wildman–Crippen MR) is 57.5 cm³/mol. The van der Waals surface area contributed by atoms with Gasteiger partial charge in [0.05, 0.1) is 0 Å². The second-order valence-electron chi connectivity index (χ2n) is 4.00. The standard InChI is InChI=1S/C12H17NO/c1-2-10-7-9(8-13-10)11-5-3-4-6-12(11)14/h3-6,9-10,13-14H,2,7-8H2,1H3. The van der Waals surface area contributed by atoms with Gasteiger partial charge in [0.15, 0.2) is 0 Å². The van der Waals surface area contributed by atoms with Crippen LogP contribution in [0.4, 0.5) is 0 Å². The van der Waals surface area contributed by atoms with E-state index in [9.17, 15) is 5.11 Å². The zero-order valence-corrected chi connectivity index (χ0v) is 8.53. The summed E-state index contributed by atoms with van der Waals surface area (Å²) in [5, 5.41) is 13.2. The zero-order chi connectivity index (χ0) is 9.97. The van der Waals surface area contributed by atoms with Crippen LogP contribution in [-0.4, -0.2) is 17.7 Å². The Morgan fingerprint density at radius 2 is 2.21 bits per heavy atom. The minimum absolute atomic E-state index is 0.441. The van der Waals surface area contributed by atoms with Crippen LogP contribution in [0, 0.1) is 0 Å². The molecule has 0 aliphatic carbocycles. The normalized spacial score (nSPS) is 26.6. The lowest BCUT2D eigenvalue weighted by Gasteiger charge is -2.10. The van der Waals surface area contributed by atoms with Crippen LogP contribution in [0.1, 0.15) is 31.2 Å². The van der Waals surface area contributed by atoms with E-state index in [2.05, 4.69) is 12.2 Å². The van der Waals surface area contributed by atoms with E-state index in [1.54, 1.807) is 6.07 Å². The number of nitrogens with one attached hydrogen (secondary N) is 1. The van der Waals surface area contributed by atoms with Gasteiger partial charge in [0.1, 0.15) is 5.75 Å². The van der Waals surface area contributed by atoms with Gasteiger partial charge >= 0.3 is 0 Å². The van der Waals surface area contributed by atoms with Crippen molar-refractivity contribution in [2.45, 2.75) is 31.7 Å². The second-order valence-corrected chi connectivity index (χ2v) is 4.00. The quantitative estimate of drug-likeness (QED) is 0.751. The van der Waals surface area contributed by atoms with Crippen LogP contribution in [-0.2, 0) is 0 Å². The molecule has 0 spiro atoms. The molecule has 2 nitrogen and oxygen atoms in total. The molecule has 1 heterocycles. The monoisotopic (exact) mass is 191 g/mol. The van der Waals surface area contributed by atoms with Crippen molar-refractivity contribution in [2.24, 2.45) is 0 Å². The summed E-state index contributed by atoms with van der Waals surface area (Å²) in [4.78, 5) is 0. The molecule has 2 unspecified atom stereocenters. The average Bonchev–Trinajstić information content (AvgIpc) is 2.67. The summed E-state index contributed by atoms with van der Waals surface area (Å²) in [6.45, 7) is 3.20. The van der Waals surface area contributed by atoms with Gasteiger partial charge in [-0.25, -0.2) is 0 Å². The molecular formula is C12H17NO. The van der Waals surface area contributed by atoms with E-state index in [-0.39, 0.29) is 0 Å². The van der Waals surface area contributed by atoms with E-state index < -0.39 is 0 Å². The number of benzene rings is 1. The third kappa shape index (κ3) is 1.75. The lowest BCUT2D eigenvalue weighted by Crippen LogP contribution is -2.19. The van der Waals surface area contributed by atoms with Crippen LogP contribution in [0.3, 0.4) is 0 Å². The molecule has 14 heavy (non-hydrogen) atoms. The van der Waals surface area contributed by atoms with Crippen LogP contribution in [0.15, 0.2) is 24.3 Å². The van der Waals surface area contributed by atoms with Crippen molar-refractivity contribution in [1.82, 2.24) is 5.32 Å². The topological polar surface area (TPSA) is 32.3 Å². The molecule has 1 fully saturated rings. The first-order chi connectivity index (χ1) is 6.81. The molecule has 1 aromatic rings. The Balaban J connectivity index is 2.13. The highest BCUT2D eigenvalue weighted by molar-refractivity contribution is 5.35. The molecular weight excluding hydrogens is 174 g/mol. The van der Waals surface area contributed by atoms with E-state index >= 15 is 0 Å². The highest BCUT2D eigenvalue weighted by atomic mass is 16.3. The van der Waals surface area contributed by atoms with E-state index in [1.807, 2.05) is 18.2 Å². The summed E-state index contributed by atoms with van der Waals surface area (Å²) in [5.41, 5.74) is 1.09. The predicted octanol–water partition coefficient (Wildman–Crippen LogP) is 2.25. The van der Waals surface area contributed by atoms with Crippen LogP contribution >= 0.6 is 0 Å². The minimum Gasteiger partial charge on any atom is -0.508 e. The van der Waals surface area contributed by atoms with Crippen LogP contribution in [0.2, 0.25) is 0 Å². The van der Waals surface area contributed by atoms with Crippen molar-refractivity contribution in [3.63, 3.8) is 0 Å². The first-order valence-electron chi connectivity index (χ1n) is 5.32. The van der Waals surface area contributed by atoms with E-state index in [4.69, 9.17) is 0 Å². The van der Waals surface area contributed by atoms with Crippen LogP contribution < -0.4 is 5.32 Å². The summed E-state index contributed by atoms with van der Waals surface area (Å²) >= 11 is 0. The number of hydrogen-bond donors (Lipinski definition) is 2. The number of para-hydroxylation sites is 1. The van der Waals surface area contributed by atoms with Crippen molar-refractivity contribution in [3.8, 4) is 5.75 Å². The number of rotatable bonds is 2. The maximum Gasteiger partial charge on any atom is 0.119 e. The van der Waals surface area contributed by atoms with Crippen LogP contribution in [0.5, 0.6) is 5.75 Å². The van der Waals surface area contributed by atoms with Gasteiger partial charge in [-0.05, 0) is 24.5 Å². The smallest absolute Gasteiger partial charge is 0.119 e. The molecule has 76 valence electrons. The summed E-state index contributed by atoms with van der Waals surface area (Å²) in [6, 6.07) is 8.29. The third-order valence-electron chi connectivity index (χ3n) is 3.09. The maximum absolute atomic E-state index is 9.70. The fourth-order valence-corrected chi connectivity index (χ4v) is 2.20. The lowest BCUT2D eigenvalue weighted by molar-refractivity contribution is 0.462. The summed E-state index contributed by atoms with van der Waals surface area (Å²) < 4.78 is 0. The van der Waals surface area contributed by atoms with Gasteiger partial charge in [0.25, 0.3) is 0 Å². The van der Waals surface area contributed by atoms with Crippen molar-refractivity contribution in [1.29, 1.82) is 0 Å². The van der Waals surface area contributed by atoms with Crippen molar-refractivity contribution in [2.75, 3.05) is 6.54 Å². The SMILES string of the molecule is CCC1CC(c2ccccc2O)CN1. The Labute approximate surface area is 85.0 Å². The van der Waals surface area contributed by atoms with Gasteiger partial charge in [0, 0.05) is 18.5 Å². The van der Waals surface area contributed by atoms with Gasteiger partial charge in [-0.3, -0.25) is 0 Å². The first-order valence-corrected chi connectivity index (χ1v) is 5.32. The summed E-state index contributed by atoms with van der Waals surface area (Å²) in [5.74, 6) is 0.928. The highest BCUT2D eigenvalue weighted by Crippen LogP contribution is 2.32. The van der Waals surface area contributed by atoms with Gasteiger partial charge in [-0.1, -0.05) is 25.1 Å². The molecule has 2 atom stereocenters. The summed E-state index contributed by atoms with van der Waals surface area (Å²) in [7, 11) is 0. The number of aromatic hydroxyl groups is 1. The van der Waals surface area contributed by atoms with Crippen LogP contribution in [0.25, 0.3) is 0 Å². The number of phenolic OH excluding ortho intramolecular Hbond substituents is 1. The molecule has 2 rings (SSSR count). The Morgan fingerprint density at radius 3 is 2.86 bits per heavy atom. The van der Waals surface area contributed by atoms with Crippen molar-refractivity contribution >= 4 is 0 Å². The molecule has 0 aromatic heterocycles. The molecule has 0 amide bonds. The lowest BCUT2D eigenvalue weighted by atomic mass is 9.95. The molecule has 0 radical (unpaired) electrons. The second kappa shape index (κ2) is 4.01. The Morgan fingerprint density at radius 1 is 1.43 bits per heavy atom. The molecule has 1 aliphatic rings. The van der Waals surface area contributed by atoms with Crippen molar-refractivity contribution < 1.29 is 5.11 Å². The Hall–Kier alpha value is -1.02. The fourth-order valence-electron chi connectivity index (χ4n) is 2.20. The van der Waals surface area contributed by atoms with E-state index in [0.717, 1.165) is 18.5 Å². The first kappa shape index (κ1) is 9.53. The maximum atomic E-state index is 9.70. The molecule has 2 N–H and O–H groups in total. The highest BCUT2D eigenvalue weighted by Gasteiger charge is 2.25. The molecule has 1 aliphatic heterocycles. The molecule has 1 aromatic carbocycles. The molecule has 2 heteroatoms. The van der Waals surface area contributed by atoms with Gasteiger partial charge < -0.3 is 10.4 Å². The van der Waals surface area contributed by atoms with Gasteiger partial charge in [0.2, 0.25) is 0 Å². The Bertz CT molecular complexity index is 311. The fraction of sp³-hybridized carbons (Fsp3) is 0.500. The van der Waals surface area contributed by atoms with E-state index in [0.29, 0.717) is 17.7 Å². The average molecular weight is 191 g/mol. The third-order valence-corrected chi connectivity index (χ3v) is 3.09. The molecule has 0 bridgehead atoms. The minimum atomic E-state index is 0.441. The molecule has 1 saturated heterocycles. The molecule has 0 saturated carbocycles. The Kier molecular flexibility index (Phi) is 2.73.